The maximum atomic E-state index is 13.4. The summed E-state index contributed by atoms with van der Waals surface area (Å²) in [6, 6.07) is 13.2. The fourth-order valence-corrected chi connectivity index (χ4v) is 4.09. The highest BCUT2D eigenvalue weighted by molar-refractivity contribution is 5.97. The van der Waals surface area contributed by atoms with E-state index in [2.05, 4.69) is 15.0 Å². The van der Waals surface area contributed by atoms with Gasteiger partial charge in [0.2, 0.25) is 0 Å². The van der Waals surface area contributed by atoms with Gasteiger partial charge in [-0.3, -0.25) is 9.78 Å². The molecule has 35 heavy (non-hydrogen) atoms. The summed E-state index contributed by atoms with van der Waals surface area (Å²) in [5.41, 5.74) is 0.918. The Balaban J connectivity index is 1.74. The first-order valence-corrected chi connectivity index (χ1v) is 10.6. The van der Waals surface area contributed by atoms with E-state index in [1.807, 2.05) is 0 Å². The largest absolute Gasteiger partial charge is 0.573 e. The first-order chi connectivity index (χ1) is 16.6. The molecule has 10 heteroatoms. The summed E-state index contributed by atoms with van der Waals surface area (Å²) < 4.78 is 52.3. The number of aromatic nitrogens is 1. The van der Waals surface area contributed by atoms with Gasteiger partial charge in [-0.25, -0.2) is 4.79 Å². The van der Waals surface area contributed by atoms with Gasteiger partial charge in [0.25, 0.3) is 5.91 Å². The van der Waals surface area contributed by atoms with Crippen LogP contribution in [0.1, 0.15) is 44.0 Å². The number of nitrogens with zero attached hydrogens (tertiary/aromatic N) is 1. The normalized spacial score (nSPS) is 17.1. The third-order valence-electron chi connectivity index (χ3n) is 5.71. The number of benzene rings is 2. The Hall–Kier alpha value is -4.08. The van der Waals surface area contributed by atoms with Crippen LogP contribution >= 0.6 is 0 Å². The molecule has 1 amide bonds. The Kier molecular flexibility index (Phi) is 6.38. The van der Waals surface area contributed by atoms with Gasteiger partial charge < -0.3 is 19.5 Å². The summed E-state index contributed by atoms with van der Waals surface area (Å²) in [7, 11) is 1.27. The van der Waals surface area contributed by atoms with Crippen LogP contribution in [0.25, 0.3) is 0 Å². The second-order valence-electron chi connectivity index (χ2n) is 7.90. The third-order valence-corrected chi connectivity index (χ3v) is 5.71. The van der Waals surface area contributed by atoms with Crippen molar-refractivity contribution in [1.82, 2.24) is 10.3 Å². The second-order valence-corrected chi connectivity index (χ2v) is 7.90. The molecule has 0 fully saturated rings. The zero-order valence-electron chi connectivity index (χ0n) is 18.8. The van der Waals surface area contributed by atoms with Crippen molar-refractivity contribution in [3.8, 4) is 11.5 Å². The van der Waals surface area contributed by atoms with E-state index in [0.29, 0.717) is 28.1 Å². The first kappa shape index (κ1) is 24.1. The van der Waals surface area contributed by atoms with Crippen molar-refractivity contribution >= 4 is 11.9 Å². The zero-order valence-corrected chi connectivity index (χ0v) is 18.8. The maximum Gasteiger partial charge on any atom is 0.573 e. The molecule has 1 atom stereocenters. The standard InChI is InChI=1S/C25H21F3N2O5/c1-15-14-16(5-10-19(15)23(32)33-2)22(31)30-24(11-13-34-20-4-3-12-29-21(20)24)17-6-8-18(9-7-17)35-25(26,27)28/h3-10,12,14H,11,13H2,1-2H3,(H,30,31)/t24-/m0/s1. The molecule has 0 radical (unpaired) electrons. The smallest absolute Gasteiger partial charge is 0.491 e. The number of ether oxygens (including phenoxy) is 3. The number of methoxy groups -OCH3 is 1. The minimum absolute atomic E-state index is 0.236. The number of amides is 1. The fourth-order valence-electron chi connectivity index (χ4n) is 4.09. The van der Waals surface area contributed by atoms with Gasteiger partial charge >= 0.3 is 12.3 Å². The van der Waals surface area contributed by atoms with Crippen LogP contribution in [0.15, 0.2) is 60.8 Å². The van der Waals surface area contributed by atoms with Crippen molar-refractivity contribution in [2.75, 3.05) is 13.7 Å². The lowest BCUT2D eigenvalue weighted by Gasteiger charge is -2.39. The Morgan fingerprint density at radius 3 is 2.51 bits per heavy atom. The number of carbonyl (C=O) groups excluding carboxylic acids is 2. The molecular weight excluding hydrogens is 465 g/mol. The van der Waals surface area contributed by atoms with Crippen LogP contribution < -0.4 is 14.8 Å². The summed E-state index contributed by atoms with van der Waals surface area (Å²) in [5.74, 6) is -0.912. The van der Waals surface area contributed by atoms with Gasteiger partial charge in [-0.15, -0.1) is 13.2 Å². The molecule has 7 nitrogen and oxygen atoms in total. The van der Waals surface area contributed by atoms with Crippen LogP contribution in [0.3, 0.4) is 0 Å². The predicted molar refractivity (Wildman–Crippen MR) is 118 cm³/mol. The Morgan fingerprint density at radius 2 is 1.86 bits per heavy atom. The van der Waals surface area contributed by atoms with Gasteiger partial charge in [0.1, 0.15) is 22.7 Å². The molecule has 182 valence electrons. The Labute approximate surface area is 198 Å². The quantitative estimate of drug-likeness (QED) is 0.534. The highest BCUT2D eigenvalue weighted by atomic mass is 19.4. The summed E-state index contributed by atoms with van der Waals surface area (Å²) in [6.45, 7) is 1.92. The number of fused-ring (bicyclic) bond motifs is 1. The van der Waals surface area contributed by atoms with E-state index >= 15 is 0 Å². The molecule has 1 aliphatic rings. The second kappa shape index (κ2) is 9.28. The van der Waals surface area contributed by atoms with Crippen molar-refractivity contribution in [3.05, 3.63) is 88.7 Å². The highest BCUT2D eigenvalue weighted by Crippen LogP contribution is 2.41. The van der Waals surface area contributed by atoms with Gasteiger partial charge in [0, 0.05) is 18.2 Å². The first-order valence-electron chi connectivity index (χ1n) is 10.6. The minimum atomic E-state index is -4.82. The Morgan fingerprint density at radius 1 is 1.11 bits per heavy atom. The van der Waals surface area contributed by atoms with Crippen LogP contribution in [-0.4, -0.2) is 36.9 Å². The van der Waals surface area contributed by atoms with E-state index in [1.54, 1.807) is 31.3 Å². The Bertz CT molecular complexity index is 1260. The fraction of sp³-hybridized carbons (Fsp3) is 0.240. The molecule has 1 aliphatic heterocycles. The van der Waals surface area contributed by atoms with E-state index in [9.17, 15) is 22.8 Å². The van der Waals surface area contributed by atoms with Crippen LogP contribution in [0.4, 0.5) is 13.2 Å². The zero-order chi connectivity index (χ0) is 25.2. The number of nitrogens with one attached hydrogen (secondary N) is 1. The van der Waals surface area contributed by atoms with Gasteiger partial charge in [-0.1, -0.05) is 12.1 Å². The summed E-state index contributed by atoms with van der Waals surface area (Å²) >= 11 is 0. The molecule has 3 aromatic rings. The molecule has 0 unspecified atom stereocenters. The number of alkyl halides is 3. The number of pyridine rings is 1. The average molecular weight is 486 g/mol. The van der Waals surface area contributed by atoms with Crippen LogP contribution in [0.2, 0.25) is 0 Å². The lowest BCUT2D eigenvalue weighted by molar-refractivity contribution is -0.274. The van der Waals surface area contributed by atoms with Crippen LogP contribution in [0, 0.1) is 6.92 Å². The van der Waals surface area contributed by atoms with Crippen molar-refractivity contribution in [2.24, 2.45) is 0 Å². The summed E-state index contributed by atoms with van der Waals surface area (Å²) in [5, 5.41) is 3.02. The van der Waals surface area contributed by atoms with E-state index in [4.69, 9.17) is 9.47 Å². The number of carbonyl (C=O) groups is 2. The topological polar surface area (TPSA) is 86.8 Å². The molecule has 2 aromatic carbocycles. The lowest BCUT2D eigenvalue weighted by atomic mass is 9.81. The number of halogens is 3. The summed E-state index contributed by atoms with van der Waals surface area (Å²) in [6.07, 6.45) is -3.00. The number of rotatable bonds is 5. The SMILES string of the molecule is COC(=O)c1ccc(C(=O)N[C@]2(c3ccc(OC(F)(F)F)cc3)CCOc3cccnc32)cc1C. The lowest BCUT2D eigenvalue weighted by Crippen LogP contribution is -2.50. The molecule has 0 saturated heterocycles. The van der Waals surface area contributed by atoms with E-state index in [1.165, 1.54) is 43.5 Å². The number of hydrogen-bond donors (Lipinski definition) is 1. The number of hydrogen-bond acceptors (Lipinski definition) is 6. The van der Waals surface area contributed by atoms with E-state index in [0.717, 1.165) is 0 Å². The monoisotopic (exact) mass is 486 g/mol. The molecule has 0 aliphatic carbocycles. The predicted octanol–water partition coefficient (Wildman–Crippen LogP) is 4.53. The molecule has 2 heterocycles. The van der Waals surface area contributed by atoms with Gasteiger partial charge in [0.05, 0.1) is 19.3 Å². The molecule has 1 N–H and O–H groups in total. The maximum absolute atomic E-state index is 13.4. The van der Waals surface area contributed by atoms with Gasteiger partial charge in [0.15, 0.2) is 0 Å². The molecule has 0 saturated carbocycles. The van der Waals surface area contributed by atoms with Crippen LogP contribution in [0.5, 0.6) is 11.5 Å². The van der Waals surface area contributed by atoms with E-state index in [-0.39, 0.29) is 24.3 Å². The van der Waals surface area contributed by atoms with Gasteiger partial charge in [-0.05, 0) is 60.5 Å². The number of aryl methyl sites for hydroxylation is 1. The van der Waals surface area contributed by atoms with Gasteiger partial charge in [-0.2, -0.15) is 0 Å². The van der Waals surface area contributed by atoms with Crippen molar-refractivity contribution in [2.45, 2.75) is 25.2 Å². The number of esters is 1. The molecular formula is C25H21F3N2O5. The third kappa shape index (κ3) is 4.91. The molecule has 1 aromatic heterocycles. The van der Waals surface area contributed by atoms with Crippen molar-refractivity contribution in [1.29, 1.82) is 0 Å². The minimum Gasteiger partial charge on any atom is -0.491 e. The highest BCUT2D eigenvalue weighted by Gasteiger charge is 2.43. The van der Waals surface area contributed by atoms with Crippen molar-refractivity contribution in [3.63, 3.8) is 0 Å². The summed E-state index contributed by atoms with van der Waals surface area (Å²) in [4.78, 5) is 29.7. The van der Waals surface area contributed by atoms with Crippen molar-refractivity contribution < 1.29 is 37.0 Å². The molecule has 0 bridgehead atoms. The van der Waals surface area contributed by atoms with Crippen LogP contribution in [-0.2, 0) is 10.3 Å². The average Bonchev–Trinajstić information content (AvgIpc) is 2.83. The van der Waals surface area contributed by atoms with E-state index < -0.39 is 23.8 Å². The molecule has 4 rings (SSSR count). The molecule has 0 spiro atoms.